The standard InChI is InChI=1S/C20H20FN5O/c21-14-4-2-13(3-5-14)18-12-19(24-23-18)20(27)26-15-6-7-16(26)11-17(10-15)25-9-1-8-22-25/h1-5,8-9,12,15-17H,6-7,10-11H2,(H,23,24). The van der Waals surface area contributed by atoms with Gasteiger partial charge in [0.05, 0.1) is 11.7 Å². The molecule has 138 valence electrons. The number of rotatable bonds is 3. The molecule has 2 aliphatic rings. The SMILES string of the molecule is O=C(c1cc(-c2ccc(F)cc2)n[nH]1)N1C2CCC1CC(n1cccn1)C2. The van der Waals surface area contributed by atoms with E-state index in [9.17, 15) is 9.18 Å². The fourth-order valence-electron chi connectivity index (χ4n) is 4.53. The Morgan fingerprint density at radius 2 is 1.85 bits per heavy atom. The first-order valence-electron chi connectivity index (χ1n) is 9.32. The molecule has 2 aromatic heterocycles. The minimum atomic E-state index is -0.290. The minimum Gasteiger partial charge on any atom is -0.331 e. The lowest BCUT2D eigenvalue weighted by molar-refractivity contribution is 0.0518. The smallest absolute Gasteiger partial charge is 0.272 e. The maximum atomic E-state index is 13.1. The summed E-state index contributed by atoms with van der Waals surface area (Å²) in [6.45, 7) is 0. The second-order valence-corrected chi connectivity index (χ2v) is 7.38. The predicted molar refractivity (Wildman–Crippen MR) is 97.5 cm³/mol. The van der Waals surface area contributed by atoms with Crippen LogP contribution in [-0.4, -0.2) is 42.9 Å². The van der Waals surface area contributed by atoms with Gasteiger partial charge in [0.25, 0.3) is 5.91 Å². The number of hydrogen-bond acceptors (Lipinski definition) is 3. The van der Waals surface area contributed by atoms with Crippen LogP contribution >= 0.6 is 0 Å². The van der Waals surface area contributed by atoms with Gasteiger partial charge in [-0.25, -0.2) is 4.39 Å². The van der Waals surface area contributed by atoms with Gasteiger partial charge in [0.15, 0.2) is 0 Å². The molecule has 27 heavy (non-hydrogen) atoms. The molecule has 1 amide bonds. The summed E-state index contributed by atoms with van der Waals surface area (Å²) in [4.78, 5) is 15.2. The first-order valence-corrected chi connectivity index (χ1v) is 9.32. The zero-order valence-corrected chi connectivity index (χ0v) is 14.8. The molecule has 1 aromatic carbocycles. The Balaban J connectivity index is 1.35. The minimum absolute atomic E-state index is 0.00211. The van der Waals surface area contributed by atoms with Crippen molar-refractivity contribution >= 4 is 5.91 Å². The summed E-state index contributed by atoms with van der Waals surface area (Å²) in [7, 11) is 0. The maximum absolute atomic E-state index is 13.1. The third-order valence-corrected chi connectivity index (χ3v) is 5.79. The van der Waals surface area contributed by atoms with E-state index in [0.29, 0.717) is 17.4 Å². The number of piperidine rings is 1. The molecule has 2 saturated heterocycles. The van der Waals surface area contributed by atoms with Gasteiger partial charge in [-0.3, -0.25) is 14.6 Å². The quantitative estimate of drug-likeness (QED) is 0.773. The zero-order chi connectivity index (χ0) is 18.4. The molecule has 2 unspecified atom stereocenters. The van der Waals surface area contributed by atoms with E-state index in [0.717, 1.165) is 31.2 Å². The lowest BCUT2D eigenvalue weighted by Gasteiger charge is -2.38. The monoisotopic (exact) mass is 365 g/mol. The van der Waals surface area contributed by atoms with E-state index in [-0.39, 0.29) is 23.8 Å². The summed E-state index contributed by atoms with van der Waals surface area (Å²) in [6.07, 6.45) is 7.75. The first-order chi connectivity index (χ1) is 13.2. The fraction of sp³-hybridized carbons (Fsp3) is 0.350. The highest BCUT2D eigenvalue weighted by Crippen LogP contribution is 2.41. The van der Waals surface area contributed by atoms with Crippen LogP contribution in [-0.2, 0) is 0 Å². The number of H-pyrrole nitrogens is 1. The Kier molecular flexibility index (Phi) is 3.81. The fourth-order valence-corrected chi connectivity index (χ4v) is 4.53. The first kappa shape index (κ1) is 16.2. The highest BCUT2D eigenvalue weighted by Gasteiger charge is 2.44. The van der Waals surface area contributed by atoms with Crippen molar-refractivity contribution in [2.75, 3.05) is 0 Å². The Morgan fingerprint density at radius 3 is 2.52 bits per heavy atom. The van der Waals surface area contributed by atoms with Crippen LogP contribution < -0.4 is 0 Å². The van der Waals surface area contributed by atoms with Crippen molar-refractivity contribution < 1.29 is 9.18 Å². The van der Waals surface area contributed by atoms with Gasteiger partial charge in [0, 0.05) is 30.0 Å². The summed E-state index contributed by atoms with van der Waals surface area (Å²) in [5.74, 6) is -0.288. The Labute approximate surface area is 156 Å². The van der Waals surface area contributed by atoms with Gasteiger partial charge < -0.3 is 4.90 Å². The van der Waals surface area contributed by atoms with Crippen molar-refractivity contribution in [1.82, 2.24) is 24.9 Å². The molecule has 0 saturated carbocycles. The normalized spacial score (nSPS) is 24.3. The molecule has 7 heteroatoms. The van der Waals surface area contributed by atoms with Crippen LogP contribution in [0.2, 0.25) is 0 Å². The molecular formula is C20H20FN5O. The summed E-state index contributed by atoms with van der Waals surface area (Å²) in [5.41, 5.74) is 1.92. The Morgan fingerprint density at radius 1 is 1.11 bits per heavy atom. The number of hydrogen-bond donors (Lipinski definition) is 1. The van der Waals surface area contributed by atoms with E-state index in [1.807, 2.05) is 21.8 Å². The average Bonchev–Trinajstić information content (AvgIpc) is 3.42. The third kappa shape index (κ3) is 2.83. The second-order valence-electron chi connectivity index (χ2n) is 7.38. The number of aromatic amines is 1. The van der Waals surface area contributed by atoms with Gasteiger partial charge in [-0.05, 0) is 62.1 Å². The summed E-state index contributed by atoms with van der Waals surface area (Å²) in [5, 5.41) is 11.5. The highest BCUT2D eigenvalue weighted by atomic mass is 19.1. The van der Waals surface area contributed by atoms with Crippen molar-refractivity contribution in [3.05, 3.63) is 60.3 Å². The number of benzene rings is 1. The van der Waals surface area contributed by atoms with Crippen molar-refractivity contribution in [1.29, 1.82) is 0 Å². The molecule has 2 aliphatic heterocycles. The van der Waals surface area contributed by atoms with Crippen LogP contribution in [0.3, 0.4) is 0 Å². The number of fused-ring (bicyclic) bond motifs is 2. The third-order valence-electron chi connectivity index (χ3n) is 5.79. The summed E-state index contributed by atoms with van der Waals surface area (Å²) >= 11 is 0. The van der Waals surface area contributed by atoms with E-state index in [1.54, 1.807) is 24.4 Å². The summed E-state index contributed by atoms with van der Waals surface area (Å²) in [6, 6.07) is 10.7. The molecule has 0 spiro atoms. The molecule has 3 aromatic rings. The van der Waals surface area contributed by atoms with Crippen LogP contribution in [0.4, 0.5) is 4.39 Å². The highest BCUT2D eigenvalue weighted by molar-refractivity contribution is 5.94. The van der Waals surface area contributed by atoms with Crippen molar-refractivity contribution in [2.45, 2.75) is 43.8 Å². The average molecular weight is 365 g/mol. The van der Waals surface area contributed by atoms with Crippen LogP contribution in [0.25, 0.3) is 11.3 Å². The molecule has 2 fully saturated rings. The number of halogens is 1. The molecule has 0 radical (unpaired) electrons. The van der Waals surface area contributed by atoms with Gasteiger partial charge >= 0.3 is 0 Å². The molecule has 6 nitrogen and oxygen atoms in total. The number of carbonyl (C=O) groups is 1. The van der Waals surface area contributed by atoms with Gasteiger partial charge in [-0.15, -0.1) is 0 Å². The number of carbonyl (C=O) groups excluding carboxylic acids is 1. The van der Waals surface area contributed by atoms with Crippen molar-refractivity contribution in [3.63, 3.8) is 0 Å². The van der Waals surface area contributed by atoms with Crippen molar-refractivity contribution in [3.8, 4) is 11.3 Å². The number of nitrogens with zero attached hydrogens (tertiary/aromatic N) is 4. The number of nitrogens with one attached hydrogen (secondary N) is 1. The topological polar surface area (TPSA) is 66.8 Å². The van der Waals surface area contributed by atoms with E-state index in [4.69, 9.17) is 0 Å². The maximum Gasteiger partial charge on any atom is 0.272 e. The van der Waals surface area contributed by atoms with Crippen LogP contribution in [0, 0.1) is 5.82 Å². The molecule has 4 heterocycles. The molecule has 0 aliphatic carbocycles. The molecule has 2 atom stereocenters. The number of aromatic nitrogens is 4. The van der Waals surface area contributed by atoms with E-state index >= 15 is 0 Å². The molecular weight excluding hydrogens is 345 g/mol. The second kappa shape index (κ2) is 6.33. The lowest BCUT2D eigenvalue weighted by atomic mass is 9.97. The van der Waals surface area contributed by atoms with E-state index in [1.165, 1.54) is 12.1 Å². The largest absolute Gasteiger partial charge is 0.331 e. The van der Waals surface area contributed by atoms with Gasteiger partial charge in [0.2, 0.25) is 0 Å². The summed E-state index contributed by atoms with van der Waals surface area (Å²) < 4.78 is 15.1. The van der Waals surface area contributed by atoms with Crippen LogP contribution in [0.5, 0.6) is 0 Å². The molecule has 2 bridgehead atoms. The Hall–Kier alpha value is -2.96. The van der Waals surface area contributed by atoms with Crippen LogP contribution in [0.15, 0.2) is 48.8 Å². The molecule has 5 rings (SSSR count). The van der Waals surface area contributed by atoms with Crippen LogP contribution in [0.1, 0.15) is 42.2 Å². The van der Waals surface area contributed by atoms with E-state index < -0.39 is 0 Å². The zero-order valence-electron chi connectivity index (χ0n) is 14.8. The predicted octanol–water partition coefficient (Wildman–Crippen LogP) is 3.42. The molecule has 1 N–H and O–H groups in total. The number of amides is 1. The van der Waals surface area contributed by atoms with E-state index in [2.05, 4.69) is 15.3 Å². The van der Waals surface area contributed by atoms with Gasteiger partial charge in [-0.2, -0.15) is 10.2 Å². The van der Waals surface area contributed by atoms with Crippen molar-refractivity contribution in [2.24, 2.45) is 0 Å². The van der Waals surface area contributed by atoms with Gasteiger partial charge in [0.1, 0.15) is 11.5 Å². The Bertz CT molecular complexity index is 935. The lowest BCUT2D eigenvalue weighted by Crippen LogP contribution is -2.47. The van der Waals surface area contributed by atoms with Gasteiger partial charge in [-0.1, -0.05) is 0 Å².